The number of halogens is 1. The molecule has 2 amide bonds. The molecule has 21 heavy (non-hydrogen) atoms. The van der Waals surface area contributed by atoms with Gasteiger partial charge < -0.3 is 15.5 Å². The van der Waals surface area contributed by atoms with Crippen molar-refractivity contribution in [3.63, 3.8) is 0 Å². The summed E-state index contributed by atoms with van der Waals surface area (Å²) in [7, 11) is 0. The molecule has 1 unspecified atom stereocenters. The van der Waals surface area contributed by atoms with E-state index in [0.717, 1.165) is 43.9 Å². The van der Waals surface area contributed by atoms with Crippen LogP contribution in [0, 0.1) is 0 Å². The van der Waals surface area contributed by atoms with E-state index in [1.807, 2.05) is 29.2 Å². The number of carbonyl (C=O) groups is 2. The molecule has 0 radical (unpaired) electrons. The number of benzene rings is 1. The minimum atomic E-state index is -0.335. The summed E-state index contributed by atoms with van der Waals surface area (Å²) in [6, 6.07) is 7.59. The Balaban J connectivity index is 0.00000161. The molecule has 114 valence electrons. The number of fused-ring (bicyclic) bond motifs is 1. The highest BCUT2D eigenvalue weighted by Crippen LogP contribution is 2.33. The van der Waals surface area contributed by atoms with Crippen molar-refractivity contribution in [2.75, 3.05) is 31.5 Å². The molecule has 0 bridgehead atoms. The van der Waals surface area contributed by atoms with Crippen molar-refractivity contribution in [3.05, 3.63) is 29.8 Å². The van der Waals surface area contributed by atoms with E-state index in [4.69, 9.17) is 0 Å². The lowest BCUT2D eigenvalue weighted by Gasteiger charge is -2.29. The lowest BCUT2D eigenvalue weighted by molar-refractivity contribution is -0.134. The Bertz CT molecular complexity index is 527. The number of rotatable bonds is 1. The first-order valence-electron chi connectivity index (χ1n) is 7.14. The number of nitrogens with zero attached hydrogens (tertiary/aromatic N) is 1. The van der Waals surface area contributed by atoms with Crippen molar-refractivity contribution in [2.24, 2.45) is 0 Å². The highest BCUT2D eigenvalue weighted by atomic mass is 35.5. The molecule has 3 rings (SSSR count). The van der Waals surface area contributed by atoms with Crippen LogP contribution in [0.5, 0.6) is 0 Å². The van der Waals surface area contributed by atoms with Crippen LogP contribution in [0.1, 0.15) is 24.3 Å². The van der Waals surface area contributed by atoms with Crippen LogP contribution in [-0.4, -0.2) is 42.9 Å². The Morgan fingerprint density at radius 1 is 1.19 bits per heavy atom. The van der Waals surface area contributed by atoms with Crippen molar-refractivity contribution in [2.45, 2.75) is 18.8 Å². The molecule has 0 aromatic heterocycles. The fraction of sp³-hybridized carbons (Fsp3) is 0.467. The summed E-state index contributed by atoms with van der Waals surface area (Å²) in [6.07, 6.45) is 1.21. The van der Waals surface area contributed by atoms with Gasteiger partial charge in [-0.1, -0.05) is 18.2 Å². The van der Waals surface area contributed by atoms with Gasteiger partial charge in [-0.05, 0) is 24.6 Å². The number of hydrogen-bond donors (Lipinski definition) is 2. The quantitative estimate of drug-likeness (QED) is 0.823. The van der Waals surface area contributed by atoms with Crippen LogP contribution in [-0.2, 0) is 9.59 Å². The van der Waals surface area contributed by atoms with Gasteiger partial charge in [0.15, 0.2) is 0 Å². The molecule has 2 aliphatic heterocycles. The largest absolute Gasteiger partial charge is 0.341 e. The Morgan fingerprint density at radius 2 is 2.00 bits per heavy atom. The maximum absolute atomic E-state index is 12.7. The summed E-state index contributed by atoms with van der Waals surface area (Å²) >= 11 is 0. The number of amides is 2. The molecule has 0 aliphatic carbocycles. The van der Waals surface area contributed by atoms with E-state index < -0.39 is 0 Å². The van der Waals surface area contributed by atoms with Crippen LogP contribution in [0.4, 0.5) is 5.69 Å². The lowest BCUT2D eigenvalue weighted by atomic mass is 9.89. The van der Waals surface area contributed by atoms with Crippen molar-refractivity contribution < 1.29 is 9.59 Å². The van der Waals surface area contributed by atoms with E-state index in [2.05, 4.69) is 10.6 Å². The third-order valence-electron chi connectivity index (χ3n) is 3.95. The molecule has 6 heteroatoms. The van der Waals surface area contributed by atoms with E-state index in [1.54, 1.807) is 0 Å². The summed E-state index contributed by atoms with van der Waals surface area (Å²) in [5.74, 6) is -0.330. The van der Waals surface area contributed by atoms with Gasteiger partial charge in [0.2, 0.25) is 11.8 Å². The zero-order valence-corrected chi connectivity index (χ0v) is 12.6. The van der Waals surface area contributed by atoms with Crippen LogP contribution >= 0.6 is 12.4 Å². The van der Waals surface area contributed by atoms with Gasteiger partial charge in [-0.2, -0.15) is 0 Å². The predicted octanol–water partition coefficient (Wildman–Crippen LogP) is 1.36. The second-order valence-electron chi connectivity index (χ2n) is 5.32. The van der Waals surface area contributed by atoms with Crippen molar-refractivity contribution in [1.82, 2.24) is 10.2 Å². The van der Waals surface area contributed by atoms with Crippen molar-refractivity contribution in [1.29, 1.82) is 0 Å². The van der Waals surface area contributed by atoms with Crippen LogP contribution in [0.25, 0.3) is 0 Å². The maximum Gasteiger partial charge on any atom is 0.230 e. The standard InChI is InChI=1S/C15H19N3O2.ClH/c19-14-10-12(11-4-1-2-5-13(11)17-14)15(20)18-8-3-6-16-7-9-18;/h1-2,4-5,12,16H,3,6-10H2,(H,17,19);1H. The van der Waals surface area contributed by atoms with E-state index in [1.165, 1.54) is 0 Å². The third-order valence-corrected chi connectivity index (χ3v) is 3.95. The number of carbonyl (C=O) groups excluding carboxylic acids is 2. The molecule has 0 spiro atoms. The van der Waals surface area contributed by atoms with Gasteiger partial charge in [-0.25, -0.2) is 0 Å². The summed E-state index contributed by atoms with van der Waals surface area (Å²) < 4.78 is 0. The first-order valence-corrected chi connectivity index (χ1v) is 7.14. The van der Waals surface area contributed by atoms with E-state index in [0.29, 0.717) is 0 Å². The Kier molecular flexibility index (Phi) is 5.20. The normalized spacial score (nSPS) is 21.6. The molecule has 2 heterocycles. The maximum atomic E-state index is 12.7. The first-order chi connectivity index (χ1) is 9.75. The third kappa shape index (κ3) is 3.36. The van der Waals surface area contributed by atoms with Gasteiger partial charge in [0.05, 0.1) is 5.92 Å². The molecule has 5 nitrogen and oxygen atoms in total. The van der Waals surface area contributed by atoms with Crippen LogP contribution < -0.4 is 10.6 Å². The van der Waals surface area contributed by atoms with Crippen LogP contribution in [0.3, 0.4) is 0 Å². The summed E-state index contributed by atoms with van der Waals surface area (Å²) in [4.78, 5) is 26.4. The Hall–Kier alpha value is -1.59. The number of hydrogen-bond acceptors (Lipinski definition) is 3. The van der Waals surface area contributed by atoms with Gasteiger partial charge in [0, 0.05) is 31.7 Å². The zero-order valence-electron chi connectivity index (χ0n) is 11.8. The fourth-order valence-corrected chi connectivity index (χ4v) is 2.92. The minimum absolute atomic E-state index is 0. The summed E-state index contributed by atoms with van der Waals surface area (Å²) in [5.41, 5.74) is 1.71. The second kappa shape index (κ2) is 6.91. The average Bonchev–Trinajstić information content (AvgIpc) is 2.74. The van der Waals surface area contributed by atoms with Gasteiger partial charge in [-0.3, -0.25) is 9.59 Å². The monoisotopic (exact) mass is 309 g/mol. The van der Waals surface area contributed by atoms with E-state index in [9.17, 15) is 9.59 Å². The Morgan fingerprint density at radius 3 is 2.86 bits per heavy atom. The molecule has 1 aromatic rings. The first kappa shape index (κ1) is 15.8. The lowest BCUT2D eigenvalue weighted by Crippen LogP contribution is -2.40. The Labute approximate surface area is 130 Å². The van der Waals surface area contributed by atoms with E-state index in [-0.39, 0.29) is 36.6 Å². The van der Waals surface area contributed by atoms with Crippen molar-refractivity contribution in [3.8, 4) is 0 Å². The average molecular weight is 310 g/mol. The molecular formula is C15H20ClN3O2. The molecule has 2 aliphatic rings. The van der Waals surface area contributed by atoms with Crippen molar-refractivity contribution >= 4 is 29.9 Å². The topological polar surface area (TPSA) is 61.4 Å². The highest BCUT2D eigenvalue weighted by Gasteiger charge is 2.33. The zero-order chi connectivity index (χ0) is 13.9. The van der Waals surface area contributed by atoms with Crippen LogP contribution in [0.2, 0.25) is 0 Å². The molecule has 1 saturated heterocycles. The molecule has 0 saturated carbocycles. The molecule has 1 aromatic carbocycles. The van der Waals surface area contributed by atoms with Gasteiger partial charge in [0.1, 0.15) is 0 Å². The van der Waals surface area contributed by atoms with Gasteiger partial charge in [0.25, 0.3) is 0 Å². The predicted molar refractivity (Wildman–Crippen MR) is 83.7 cm³/mol. The highest BCUT2D eigenvalue weighted by molar-refractivity contribution is 6.01. The molecule has 1 atom stereocenters. The number of para-hydroxylation sites is 1. The van der Waals surface area contributed by atoms with Gasteiger partial charge in [-0.15, -0.1) is 12.4 Å². The second-order valence-corrected chi connectivity index (χ2v) is 5.32. The molecule has 2 N–H and O–H groups in total. The van der Waals surface area contributed by atoms with Crippen LogP contribution in [0.15, 0.2) is 24.3 Å². The number of nitrogens with one attached hydrogen (secondary N) is 2. The number of anilines is 1. The summed E-state index contributed by atoms with van der Waals surface area (Å²) in [6.45, 7) is 3.27. The van der Waals surface area contributed by atoms with E-state index >= 15 is 0 Å². The minimum Gasteiger partial charge on any atom is -0.341 e. The van der Waals surface area contributed by atoms with Gasteiger partial charge >= 0.3 is 0 Å². The smallest absolute Gasteiger partial charge is 0.230 e. The SMILES string of the molecule is Cl.O=C1CC(C(=O)N2CCCNCC2)c2ccccc2N1. The fourth-order valence-electron chi connectivity index (χ4n) is 2.92. The molecule has 1 fully saturated rings. The molecular weight excluding hydrogens is 290 g/mol. The summed E-state index contributed by atoms with van der Waals surface area (Å²) in [5, 5.41) is 6.13.